The van der Waals surface area contributed by atoms with Crippen LogP contribution in [0.15, 0.2) is 73.1 Å². The van der Waals surface area contributed by atoms with E-state index in [1.807, 2.05) is 36.4 Å². The molecule has 2 heterocycles. The van der Waals surface area contributed by atoms with Gasteiger partial charge >= 0.3 is 0 Å². The summed E-state index contributed by atoms with van der Waals surface area (Å²) in [6.45, 7) is 3.81. The fourth-order valence-electron chi connectivity index (χ4n) is 3.80. The zero-order valence-electron chi connectivity index (χ0n) is 18.5. The molecule has 1 aliphatic rings. The van der Waals surface area contributed by atoms with E-state index in [1.54, 1.807) is 36.7 Å². The number of benzene rings is 2. The molecule has 2 N–H and O–H groups in total. The van der Waals surface area contributed by atoms with Crippen LogP contribution in [0.5, 0.6) is 0 Å². The summed E-state index contributed by atoms with van der Waals surface area (Å²) in [5, 5.41) is 5.85. The predicted molar refractivity (Wildman–Crippen MR) is 128 cm³/mol. The van der Waals surface area contributed by atoms with E-state index >= 15 is 0 Å². The molecule has 1 saturated heterocycles. The molecule has 1 aromatic heterocycles. The van der Waals surface area contributed by atoms with E-state index in [4.69, 9.17) is 0 Å². The number of carbonyl (C=O) groups excluding carboxylic acids is 2. The maximum atomic E-state index is 12.7. The minimum Gasteiger partial charge on any atom is -0.352 e. The molecule has 0 aliphatic carbocycles. The highest BCUT2D eigenvalue weighted by molar-refractivity contribution is 6.04. The molecule has 4 rings (SSSR count). The summed E-state index contributed by atoms with van der Waals surface area (Å²) >= 11 is 0. The van der Waals surface area contributed by atoms with Crippen LogP contribution in [-0.2, 0) is 11.2 Å². The number of piperazine rings is 1. The number of nitrogens with zero attached hydrogens (tertiary/aromatic N) is 4. The smallest absolute Gasteiger partial charge is 0.253 e. The molecule has 1 fully saturated rings. The number of rotatable bonds is 8. The van der Waals surface area contributed by atoms with Gasteiger partial charge in [-0.25, -0.2) is 9.97 Å². The lowest BCUT2D eigenvalue weighted by molar-refractivity contribution is -0.117. The van der Waals surface area contributed by atoms with Crippen molar-refractivity contribution in [2.24, 2.45) is 0 Å². The zero-order valence-corrected chi connectivity index (χ0v) is 18.5. The first-order chi connectivity index (χ1) is 16.2. The molecule has 170 valence electrons. The van der Waals surface area contributed by atoms with E-state index in [0.717, 1.165) is 32.6 Å². The fraction of sp³-hybridized carbons (Fsp3) is 0.280. The first-order valence-electron chi connectivity index (χ1n) is 11.1. The van der Waals surface area contributed by atoms with Crippen molar-refractivity contribution in [3.8, 4) is 0 Å². The second-order valence-corrected chi connectivity index (χ2v) is 7.90. The maximum Gasteiger partial charge on any atom is 0.253 e. The van der Waals surface area contributed by atoms with E-state index < -0.39 is 0 Å². The molecule has 2 amide bonds. The van der Waals surface area contributed by atoms with Crippen LogP contribution in [-0.4, -0.2) is 66.0 Å². The van der Waals surface area contributed by atoms with Gasteiger partial charge in [0.25, 0.3) is 5.91 Å². The molecular formula is C25H28N6O2. The van der Waals surface area contributed by atoms with Gasteiger partial charge in [-0.15, -0.1) is 0 Å². The molecule has 33 heavy (non-hydrogen) atoms. The van der Waals surface area contributed by atoms with Gasteiger partial charge in [-0.1, -0.05) is 42.5 Å². The summed E-state index contributed by atoms with van der Waals surface area (Å²) in [4.78, 5) is 38.2. The fourth-order valence-corrected chi connectivity index (χ4v) is 3.80. The lowest BCUT2D eigenvalue weighted by atomic mass is 10.1. The van der Waals surface area contributed by atoms with Gasteiger partial charge < -0.3 is 15.5 Å². The van der Waals surface area contributed by atoms with Gasteiger partial charge in [0.05, 0.1) is 17.8 Å². The van der Waals surface area contributed by atoms with Crippen LogP contribution in [0.25, 0.3) is 0 Å². The number of carbonyl (C=O) groups is 2. The Morgan fingerprint density at radius 3 is 2.30 bits per heavy atom. The predicted octanol–water partition coefficient (Wildman–Crippen LogP) is 2.21. The number of amides is 2. The molecule has 1 aliphatic heterocycles. The Bertz CT molecular complexity index is 1050. The number of anilines is 2. The highest BCUT2D eigenvalue weighted by atomic mass is 16.2. The molecule has 2 aromatic carbocycles. The number of para-hydroxylation sites is 1. The summed E-state index contributed by atoms with van der Waals surface area (Å²) in [5.41, 5.74) is 2.15. The Balaban J connectivity index is 1.26. The van der Waals surface area contributed by atoms with E-state index in [1.165, 1.54) is 5.56 Å². The Hall–Kier alpha value is -3.78. The van der Waals surface area contributed by atoms with Gasteiger partial charge in [-0.3, -0.25) is 14.5 Å². The van der Waals surface area contributed by atoms with Gasteiger partial charge in [-0.2, -0.15) is 0 Å². The molecule has 3 aromatic rings. The average molecular weight is 445 g/mol. The second-order valence-electron chi connectivity index (χ2n) is 7.90. The van der Waals surface area contributed by atoms with E-state index in [-0.39, 0.29) is 18.4 Å². The highest BCUT2D eigenvalue weighted by Gasteiger charge is 2.21. The van der Waals surface area contributed by atoms with E-state index in [9.17, 15) is 9.59 Å². The third-order valence-electron chi connectivity index (χ3n) is 5.56. The molecule has 0 unspecified atom stereocenters. The van der Waals surface area contributed by atoms with Crippen LogP contribution < -0.4 is 15.5 Å². The quantitative estimate of drug-likeness (QED) is 0.554. The topological polar surface area (TPSA) is 90.5 Å². The normalized spacial score (nSPS) is 14.0. The van der Waals surface area contributed by atoms with E-state index in [0.29, 0.717) is 23.7 Å². The lowest BCUT2D eigenvalue weighted by Gasteiger charge is -2.34. The minimum absolute atomic E-state index is 0.135. The van der Waals surface area contributed by atoms with Gasteiger partial charge in [0.1, 0.15) is 0 Å². The Morgan fingerprint density at radius 2 is 1.55 bits per heavy atom. The van der Waals surface area contributed by atoms with Crippen molar-refractivity contribution in [3.63, 3.8) is 0 Å². The van der Waals surface area contributed by atoms with Gasteiger partial charge in [-0.05, 0) is 30.2 Å². The zero-order chi connectivity index (χ0) is 22.9. The summed E-state index contributed by atoms with van der Waals surface area (Å²) in [5.74, 6) is 0.385. The molecule has 8 nitrogen and oxygen atoms in total. The van der Waals surface area contributed by atoms with Crippen molar-refractivity contribution in [1.29, 1.82) is 0 Å². The standard InChI is InChI=1S/C25H28N6O2/c32-23(19-30-15-17-31(18-16-30)25-27-12-6-13-28-25)29-22-10-5-4-9-21(22)24(33)26-14-11-20-7-2-1-3-8-20/h1-10,12-13H,11,14-19H2,(H,26,33)(H,29,32). The van der Waals surface area contributed by atoms with Crippen LogP contribution in [0.4, 0.5) is 11.6 Å². The molecule has 0 bridgehead atoms. The lowest BCUT2D eigenvalue weighted by Crippen LogP contribution is -2.49. The van der Waals surface area contributed by atoms with Gasteiger partial charge in [0.15, 0.2) is 0 Å². The third kappa shape index (κ3) is 6.36. The van der Waals surface area contributed by atoms with Crippen molar-refractivity contribution >= 4 is 23.5 Å². The Kier molecular flexibility index (Phi) is 7.60. The maximum absolute atomic E-state index is 12.7. The van der Waals surface area contributed by atoms with Crippen LogP contribution in [0.1, 0.15) is 15.9 Å². The van der Waals surface area contributed by atoms with Crippen molar-refractivity contribution in [3.05, 3.63) is 84.2 Å². The molecule has 0 saturated carbocycles. The van der Waals surface area contributed by atoms with Crippen LogP contribution in [0.3, 0.4) is 0 Å². The molecule has 8 heteroatoms. The van der Waals surface area contributed by atoms with Gasteiger partial charge in [0, 0.05) is 45.1 Å². The number of hydrogen-bond donors (Lipinski definition) is 2. The first-order valence-corrected chi connectivity index (χ1v) is 11.1. The number of aromatic nitrogens is 2. The van der Waals surface area contributed by atoms with E-state index in [2.05, 4.69) is 30.4 Å². The van der Waals surface area contributed by atoms with Crippen molar-refractivity contribution in [2.45, 2.75) is 6.42 Å². The SMILES string of the molecule is O=C(CN1CCN(c2ncccn2)CC1)Nc1ccccc1C(=O)NCCc1ccccc1. The summed E-state index contributed by atoms with van der Waals surface area (Å²) in [6, 6.07) is 18.9. The van der Waals surface area contributed by atoms with Crippen molar-refractivity contribution in [2.75, 3.05) is 49.5 Å². The van der Waals surface area contributed by atoms with Gasteiger partial charge in [0.2, 0.25) is 11.9 Å². The Morgan fingerprint density at radius 1 is 0.848 bits per heavy atom. The number of nitrogens with one attached hydrogen (secondary N) is 2. The number of hydrogen-bond acceptors (Lipinski definition) is 6. The molecular weight excluding hydrogens is 416 g/mol. The highest BCUT2D eigenvalue weighted by Crippen LogP contribution is 2.16. The summed E-state index contributed by atoms with van der Waals surface area (Å²) in [7, 11) is 0. The third-order valence-corrected chi connectivity index (χ3v) is 5.56. The van der Waals surface area contributed by atoms with Crippen molar-refractivity contribution < 1.29 is 9.59 Å². The minimum atomic E-state index is -0.196. The summed E-state index contributed by atoms with van der Waals surface area (Å²) < 4.78 is 0. The average Bonchev–Trinajstić information content (AvgIpc) is 2.86. The largest absolute Gasteiger partial charge is 0.352 e. The molecule has 0 atom stereocenters. The van der Waals surface area contributed by atoms with Crippen molar-refractivity contribution in [1.82, 2.24) is 20.2 Å². The van der Waals surface area contributed by atoms with Crippen LogP contribution in [0.2, 0.25) is 0 Å². The Labute approximate surface area is 193 Å². The van der Waals surface area contributed by atoms with Crippen LogP contribution >= 0.6 is 0 Å². The first kappa shape index (κ1) is 22.4. The summed E-state index contributed by atoms with van der Waals surface area (Å²) in [6.07, 6.45) is 4.22. The monoisotopic (exact) mass is 444 g/mol. The van der Waals surface area contributed by atoms with Crippen LogP contribution in [0, 0.1) is 0 Å². The molecule has 0 spiro atoms. The second kappa shape index (κ2) is 11.2. The molecule has 0 radical (unpaired) electrons.